The summed E-state index contributed by atoms with van der Waals surface area (Å²) in [4.78, 5) is 11.9. The average molecular weight is 432 g/mol. The molecule has 0 atom stereocenters. The molecule has 1 heterocycles. The predicted octanol–water partition coefficient (Wildman–Crippen LogP) is 5.98. The van der Waals surface area contributed by atoms with Crippen molar-refractivity contribution in [2.45, 2.75) is 26.1 Å². The van der Waals surface area contributed by atoms with Gasteiger partial charge in [-0.05, 0) is 41.8 Å². The predicted molar refractivity (Wildman–Crippen MR) is 101 cm³/mol. The molecule has 2 aromatic carbocycles. The van der Waals surface area contributed by atoms with Gasteiger partial charge in [0.1, 0.15) is 11.4 Å². The molecule has 9 heteroatoms. The number of aromatic hydroxyl groups is 1. The molecule has 0 amide bonds. The van der Waals surface area contributed by atoms with Crippen molar-refractivity contribution in [3.8, 4) is 5.75 Å². The van der Waals surface area contributed by atoms with E-state index in [1.807, 2.05) is 0 Å². The number of alkyl halides is 3. The van der Waals surface area contributed by atoms with Crippen molar-refractivity contribution >= 4 is 40.1 Å². The van der Waals surface area contributed by atoms with Crippen LogP contribution in [0.5, 0.6) is 5.75 Å². The third kappa shape index (κ3) is 3.40. The molecule has 0 aliphatic carbocycles. The number of benzene rings is 2. The van der Waals surface area contributed by atoms with E-state index in [1.165, 1.54) is 22.8 Å². The molecule has 3 rings (SSSR count). The molecule has 0 saturated heterocycles. The van der Waals surface area contributed by atoms with Crippen LogP contribution in [0.2, 0.25) is 10.0 Å². The zero-order valence-corrected chi connectivity index (χ0v) is 16.0. The standard InChI is InChI=1S/C19H14Cl2F3NO3/c1-2-10-15-13(5-6-14(26)16(15)21)25(17(10)18(27)28)8-9-3-4-12(20)11(7-9)19(22,23)24/h3-7,26H,2,8H2,1H3,(H,27,28). The summed E-state index contributed by atoms with van der Waals surface area (Å²) < 4.78 is 40.8. The first-order valence-corrected chi connectivity index (χ1v) is 8.93. The van der Waals surface area contributed by atoms with Crippen molar-refractivity contribution in [2.75, 3.05) is 0 Å². The van der Waals surface area contributed by atoms with Gasteiger partial charge in [-0.1, -0.05) is 36.2 Å². The van der Waals surface area contributed by atoms with Gasteiger partial charge in [-0.3, -0.25) is 0 Å². The molecule has 0 unspecified atom stereocenters. The minimum Gasteiger partial charge on any atom is -0.506 e. The zero-order chi connectivity index (χ0) is 20.8. The Morgan fingerprint density at radius 3 is 2.43 bits per heavy atom. The van der Waals surface area contributed by atoms with Crippen molar-refractivity contribution in [2.24, 2.45) is 0 Å². The Morgan fingerprint density at radius 1 is 1.18 bits per heavy atom. The molecule has 4 nitrogen and oxygen atoms in total. The second-order valence-corrected chi connectivity index (χ2v) is 6.96. The van der Waals surface area contributed by atoms with Crippen LogP contribution in [0, 0.1) is 0 Å². The lowest BCUT2D eigenvalue weighted by Gasteiger charge is -2.13. The highest BCUT2D eigenvalue weighted by Gasteiger charge is 2.33. The van der Waals surface area contributed by atoms with Gasteiger partial charge in [0.25, 0.3) is 0 Å². The molecule has 148 valence electrons. The van der Waals surface area contributed by atoms with Crippen LogP contribution >= 0.6 is 23.2 Å². The first kappa shape index (κ1) is 20.4. The van der Waals surface area contributed by atoms with Crippen LogP contribution < -0.4 is 0 Å². The molecule has 0 aliphatic rings. The SMILES string of the molecule is CCc1c(C(=O)O)n(Cc2ccc(Cl)c(C(F)(F)F)c2)c2ccc(O)c(Cl)c12. The van der Waals surface area contributed by atoms with E-state index in [-0.39, 0.29) is 28.6 Å². The smallest absolute Gasteiger partial charge is 0.417 e. The van der Waals surface area contributed by atoms with Crippen LogP contribution in [0.4, 0.5) is 13.2 Å². The fourth-order valence-electron chi connectivity index (χ4n) is 3.29. The summed E-state index contributed by atoms with van der Waals surface area (Å²) in [6, 6.07) is 6.24. The van der Waals surface area contributed by atoms with Gasteiger partial charge in [0.05, 0.1) is 21.1 Å². The summed E-state index contributed by atoms with van der Waals surface area (Å²) in [6.45, 7) is 1.59. The maximum absolute atomic E-state index is 13.2. The van der Waals surface area contributed by atoms with E-state index in [0.29, 0.717) is 22.9 Å². The highest BCUT2D eigenvalue weighted by atomic mass is 35.5. The minimum atomic E-state index is -4.63. The maximum atomic E-state index is 13.2. The second-order valence-electron chi connectivity index (χ2n) is 6.18. The lowest BCUT2D eigenvalue weighted by atomic mass is 10.1. The van der Waals surface area contributed by atoms with E-state index in [1.54, 1.807) is 6.92 Å². The highest BCUT2D eigenvalue weighted by Crippen LogP contribution is 2.39. The number of phenols is 1. The van der Waals surface area contributed by atoms with E-state index in [9.17, 15) is 28.2 Å². The van der Waals surface area contributed by atoms with E-state index in [2.05, 4.69) is 0 Å². The highest BCUT2D eigenvalue weighted by molar-refractivity contribution is 6.37. The molecule has 3 aromatic rings. The maximum Gasteiger partial charge on any atom is 0.417 e. The third-order valence-electron chi connectivity index (χ3n) is 4.48. The molecule has 0 radical (unpaired) electrons. The zero-order valence-electron chi connectivity index (χ0n) is 14.4. The number of halogens is 5. The molecule has 28 heavy (non-hydrogen) atoms. The van der Waals surface area contributed by atoms with Crippen LogP contribution in [-0.2, 0) is 19.1 Å². The topological polar surface area (TPSA) is 62.5 Å². The number of phenolic OH excluding ortho intramolecular Hbond substituents is 1. The van der Waals surface area contributed by atoms with Crippen molar-refractivity contribution in [3.05, 3.63) is 62.8 Å². The van der Waals surface area contributed by atoms with Gasteiger partial charge in [-0.15, -0.1) is 0 Å². The number of fused-ring (bicyclic) bond motifs is 1. The number of hydrogen-bond acceptors (Lipinski definition) is 2. The third-order valence-corrected chi connectivity index (χ3v) is 5.19. The molecule has 0 saturated carbocycles. The Labute approximate surface area is 167 Å². The number of aromatic carboxylic acids is 1. The molecule has 2 N–H and O–H groups in total. The van der Waals surface area contributed by atoms with Crippen LogP contribution in [0.25, 0.3) is 10.9 Å². The molecule has 1 aromatic heterocycles. The van der Waals surface area contributed by atoms with Crippen molar-refractivity contribution in [1.29, 1.82) is 0 Å². The lowest BCUT2D eigenvalue weighted by Crippen LogP contribution is -2.12. The van der Waals surface area contributed by atoms with Gasteiger partial charge in [-0.25, -0.2) is 4.79 Å². The van der Waals surface area contributed by atoms with Crippen LogP contribution in [0.1, 0.15) is 34.1 Å². The first-order valence-electron chi connectivity index (χ1n) is 8.17. The number of carboxylic acid groups (broad SMARTS) is 1. The first-order chi connectivity index (χ1) is 13.1. The van der Waals surface area contributed by atoms with Gasteiger partial charge in [0.15, 0.2) is 0 Å². The summed E-state index contributed by atoms with van der Waals surface area (Å²) in [7, 11) is 0. The number of hydrogen-bond donors (Lipinski definition) is 2. The number of carboxylic acids is 1. The van der Waals surface area contributed by atoms with E-state index in [4.69, 9.17) is 23.2 Å². The number of aromatic nitrogens is 1. The molecule has 0 spiro atoms. The summed E-state index contributed by atoms with van der Waals surface area (Å²) in [5.41, 5.74) is -0.0585. The minimum absolute atomic E-state index is 0.00249. The van der Waals surface area contributed by atoms with Gasteiger partial charge in [0, 0.05) is 11.9 Å². The molecule has 0 fully saturated rings. The van der Waals surface area contributed by atoms with Crippen molar-refractivity contribution in [3.63, 3.8) is 0 Å². The normalized spacial score (nSPS) is 11.9. The number of aryl methyl sites for hydroxylation is 1. The van der Waals surface area contributed by atoms with E-state index in [0.717, 1.165) is 12.1 Å². The van der Waals surface area contributed by atoms with Crippen LogP contribution in [0.15, 0.2) is 30.3 Å². The van der Waals surface area contributed by atoms with Gasteiger partial charge < -0.3 is 14.8 Å². The quantitative estimate of drug-likeness (QED) is 0.533. The second kappa shape index (κ2) is 7.22. The molecular formula is C19H14Cl2F3NO3. The van der Waals surface area contributed by atoms with Gasteiger partial charge in [-0.2, -0.15) is 13.2 Å². The Kier molecular flexibility index (Phi) is 5.25. The summed E-state index contributed by atoms with van der Waals surface area (Å²) >= 11 is 11.8. The largest absolute Gasteiger partial charge is 0.506 e. The fourth-order valence-corrected chi connectivity index (χ4v) is 3.79. The van der Waals surface area contributed by atoms with Gasteiger partial charge >= 0.3 is 12.1 Å². The Balaban J connectivity index is 2.26. The summed E-state index contributed by atoms with van der Waals surface area (Å²) in [6.07, 6.45) is -4.33. The number of nitrogens with zero attached hydrogens (tertiary/aromatic N) is 1. The Bertz CT molecular complexity index is 1090. The van der Waals surface area contributed by atoms with Crippen molar-refractivity contribution in [1.82, 2.24) is 4.57 Å². The van der Waals surface area contributed by atoms with Crippen molar-refractivity contribution < 1.29 is 28.2 Å². The molecular weight excluding hydrogens is 418 g/mol. The Morgan fingerprint density at radius 2 is 1.86 bits per heavy atom. The molecule has 0 aliphatic heterocycles. The monoisotopic (exact) mass is 431 g/mol. The van der Waals surface area contributed by atoms with Crippen LogP contribution in [0.3, 0.4) is 0 Å². The summed E-state index contributed by atoms with van der Waals surface area (Å²) in [5, 5.41) is 19.5. The van der Waals surface area contributed by atoms with Gasteiger partial charge in [0.2, 0.25) is 0 Å². The fraction of sp³-hybridized carbons (Fsp3) is 0.211. The number of carbonyl (C=O) groups is 1. The lowest BCUT2D eigenvalue weighted by molar-refractivity contribution is -0.137. The van der Waals surface area contributed by atoms with E-state index < -0.39 is 22.7 Å². The Hall–Kier alpha value is -2.38. The van der Waals surface area contributed by atoms with E-state index >= 15 is 0 Å². The average Bonchev–Trinajstić information content (AvgIpc) is 2.93. The number of rotatable bonds is 4. The van der Waals surface area contributed by atoms with Crippen LogP contribution in [-0.4, -0.2) is 20.7 Å². The summed E-state index contributed by atoms with van der Waals surface area (Å²) in [5.74, 6) is -1.45. The molecule has 0 bridgehead atoms.